The number of rotatable bonds is 1. The van der Waals surface area contributed by atoms with Crippen LogP contribution < -0.4 is 26.8 Å². The first-order chi connectivity index (χ1) is 11.1. The Kier molecular flexibility index (Phi) is 4.19. The fourth-order valence-corrected chi connectivity index (χ4v) is 2.74. The maximum atomic E-state index is 5.99. The monoisotopic (exact) mass is 424 g/mol. The standard InChI is InChI=1S/C18H16N4O.Sn/c19-11-1-5-14(6-2-11)22-15-7-3-13(21)10-18(15)23-17-8-4-12(20)9-16(17)22;/h1-10H,19-21H2;. The van der Waals surface area contributed by atoms with Crippen molar-refractivity contribution in [2.45, 2.75) is 0 Å². The van der Waals surface area contributed by atoms with Gasteiger partial charge in [0.15, 0.2) is 11.5 Å². The van der Waals surface area contributed by atoms with Gasteiger partial charge < -0.3 is 26.8 Å². The van der Waals surface area contributed by atoms with E-state index in [2.05, 4.69) is 4.90 Å². The molecule has 0 saturated carbocycles. The van der Waals surface area contributed by atoms with E-state index in [0.717, 1.165) is 22.8 Å². The van der Waals surface area contributed by atoms with Gasteiger partial charge in [0.05, 0.1) is 11.4 Å². The van der Waals surface area contributed by atoms with Gasteiger partial charge in [0, 0.05) is 52.7 Å². The summed E-state index contributed by atoms with van der Waals surface area (Å²) in [6, 6.07) is 18.8. The topological polar surface area (TPSA) is 90.5 Å². The van der Waals surface area contributed by atoms with Crippen molar-refractivity contribution in [2.24, 2.45) is 0 Å². The molecule has 24 heavy (non-hydrogen) atoms. The van der Waals surface area contributed by atoms with Crippen molar-refractivity contribution in [2.75, 3.05) is 22.1 Å². The Labute approximate surface area is 157 Å². The Morgan fingerprint density at radius 1 is 0.625 bits per heavy atom. The van der Waals surface area contributed by atoms with Crippen molar-refractivity contribution in [1.82, 2.24) is 0 Å². The molecule has 0 aromatic heterocycles. The molecule has 4 radical (unpaired) electrons. The van der Waals surface area contributed by atoms with E-state index >= 15 is 0 Å². The third kappa shape index (κ3) is 2.71. The van der Waals surface area contributed by atoms with Crippen LogP contribution in [0.25, 0.3) is 0 Å². The van der Waals surface area contributed by atoms with Gasteiger partial charge in [-0.3, -0.25) is 0 Å². The van der Waals surface area contributed by atoms with E-state index in [4.69, 9.17) is 21.9 Å². The van der Waals surface area contributed by atoms with Crippen molar-refractivity contribution in [3.63, 3.8) is 0 Å². The average molecular weight is 423 g/mol. The van der Waals surface area contributed by atoms with E-state index in [1.54, 1.807) is 0 Å². The van der Waals surface area contributed by atoms with Gasteiger partial charge in [0.2, 0.25) is 0 Å². The van der Waals surface area contributed by atoms with Crippen molar-refractivity contribution in [3.8, 4) is 11.5 Å². The number of ether oxygens (including phenoxy) is 1. The van der Waals surface area contributed by atoms with Crippen LogP contribution >= 0.6 is 0 Å². The predicted octanol–water partition coefficient (Wildman–Crippen LogP) is 3.63. The summed E-state index contributed by atoms with van der Waals surface area (Å²) in [7, 11) is 0. The van der Waals surface area contributed by atoms with E-state index < -0.39 is 0 Å². The Morgan fingerprint density at radius 3 is 2.00 bits per heavy atom. The number of hydrogen-bond donors (Lipinski definition) is 3. The number of hydrogen-bond acceptors (Lipinski definition) is 5. The number of fused-ring (bicyclic) bond motifs is 2. The Hall–Kier alpha value is -2.54. The fraction of sp³-hybridized carbons (Fsp3) is 0. The van der Waals surface area contributed by atoms with Crippen LogP contribution in [0.2, 0.25) is 0 Å². The maximum absolute atomic E-state index is 5.99. The number of nitrogen functional groups attached to an aromatic ring is 3. The molecule has 3 aromatic carbocycles. The third-order valence-electron chi connectivity index (χ3n) is 3.82. The van der Waals surface area contributed by atoms with Crippen molar-refractivity contribution in [3.05, 3.63) is 60.7 Å². The summed E-state index contributed by atoms with van der Waals surface area (Å²) in [4.78, 5) is 2.09. The molecule has 0 unspecified atom stereocenters. The van der Waals surface area contributed by atoms with Gasteiger partial charge >= 0.3 is 0 Å². The number of anilines is 6. The predicted molar refractivity (Wildman–Crippen MR) is 100 cm³/mol. The van der Waals surface area contributed by atoms with Gasteiger partial charge in [0.25, 0.3) is 0 Å². The molecule has 118 valence electrons. The molecule has 0 spiro atoms. The molecule has 6 N–H and O–H groups in total. The van der Waals surface area contributed by atoms with Crippen molar-refractivity contribution in [1.29, 1.82) is 0 Å². The average Bonchev–Trinajstić information content (AvgIpc) is 2.54. The third-order valence-corrected chi connectivity index (χ3v) is 3.82. The zero-order valence-electron chi connectivity index (χ0n) is 12.9. The second-order valence-corrected chi connectivity index (χ2v) is 5.48. The fourth-order valence-electron chi connectivity index (χ4n) is 2.74. The summed E-state index contributed by atoms with van der Waals surface area (Å²) in [6.07, 6.45) is 0. The summed E-state index contributed by atoms with van der Waals surface area (Å²) < 4.78 is 5.99. The second kappa shape index (κ2) is 6.16. The summed E-state index contributed by atoms with van der Waals surface area (Å²) >= 11 is 0. The zero-order chi connectivity index (χ0) is 16.0. The Bertz CT molecular complexity index is 896. The molecule has 0 amide bonds. The van der Waals surface area contributed by atoms with Gasteiger partial charge in [-0.05, 0) is 54.6 Å². The molecule has 0 saturated heterocycles. The minimum absolute atomic E-state index is 0. The minimum Gasteiger partial charge on any atom is -0.453 e. The summed E-state index contributed by atoms with van der Waals surface area (Å²) in [6.45, 7) is 0. The number of benzene rings is 3. The van der Waals surface area contributed by atoms with E-state index in [1.165, 1.54) is 0 Å². The molecule has 6 heteroatoms. The van der Waals surface area contributed by atoms with Gasteiger partial charge in [-0.2, -0.15) is 0 Å². The van der Waals surface area contributed by atoms with Crippen molar-refractivity contribution >= 4 is 58.0 Å². The summed E-state index contributed by atoms with van der Waals surface area (Å²) in [5.74, 6) is 1.44. The van der Waals surface area contributed by atoms with E-state index in [9.17, 15) is 0 Å². The largest absolute Gasteiger partial charge is 0.453 e. The molecular weight excluding hydrogens is 407 g/mol. The Balaban J connectivity index is 0.00000169. The van der Waals surface area contributed by atoms with Crippen LogP contribution in [0.1, 0.15) is 0 Å². The SMILES string of the molecule is Nc1ccc(N2c3ccc(N)cc3Oc3ccc(N)cc32)cc1.[Sn]. The van der Waals surface area contributed by atoms with Gasteiger partial charge in [0.1, 0.15) is 0 Å². The molecule has 0 bridgehead atoms. The second-order valence-electron chi connectivity index (χ2n) is 5.48. The van der Waals surface area contributed by atoms with Crippen molar-refractivity contribution < 1.29 is 4.74 Å². The van der Waals surface area contributed by atoms with Crippen LogP contribution in [0.5, 0.6) is 11.5 Å². The smallest absolute Gasteiger partial charge is 0.153 e. The van der Waals surface area contributed by atoms with E-state index in [0.29, 0.717) is 22.8 Å². The van der Waals surface area contributed by atoms with Crippen LogP contribution in [0, 0.1) is 0 Å². The zero-order valence-corrected chi connectivity index (χ0v) is 15.7. The maximum Gasteiger partial charge on any atom is 0.153 e. The quantitative estimate of drug-likeness (QED) is 0.322. The molecule has 3 aromatic rings. The summed E-state index contributed by atoms with van der Waals surface area (Å²) in [5.41, 5.74) is 22.5. The molecule has 0 fully saturated rings. The molecule has 0 aliphatic carbocycles. The first kappa shape index (κ1) is 16.3. The Morgan fingerprint density at radius 2 is 1.25 bits per heavy atom. The van der Waals surface area contributed by atoms with Gasteiger partial charge in [-0.1, -0.05) is 0 Å². The van der Waals surface area contributed by atoms with E-state index in [-0.39, 0.29) is 23.9 Å². The molecule has 0 atom stereocenters. The molecule has 1 aliphatic rings. The summed E-state index contributed by atoms with van der Waals surface area (Å²) in [5, 5.41) is 0. The van der Waals surface area contributed by atoms with Crippen LogP contribution in [-0.2, 0) is 0 Å². The first-order valence-corrected chi connectivity index (χ1v) is 7.24. The number of nitrogens with zero attached hydrogens (tertiary/aromatic N) is 1. The van der Waals surface area contributed by atoms with Crippen LogP contribution in [0.3, 0.4) is 0 Å². The first-order valence-electron chi connectivity index (χ1n) is 7.24. The van der Waals surface area contributed by atoms with Crippen LogP contribution in [-0.4, -0.2) is 23.9 Å². The molecular formula is C18H16N4OSn. The normalized spacial score (nSPS) is 11.8. The molecule has 4 rings (SSSR count). The van der Waals surface area contributed by atoms with Crippen LogP contribution in [0.4, 0.5) is 34.1 Å². The minimum atomic E-state index is 0. The van der Waals surface area contributed by atoms with E-state index in [1.807, 2.05) is 60.7 Å². The number of nitrogens with two attached hydrogens (primary N) is 3. The molecule has 1 heterocycles. The van der Waals surface area contributed by atoms with Gasteiger partial charge in [-0.25, -0.2) is 0 Å². The van der Waals surface area contributed by atoms with Gasteiger partial charge in [-0.15, -0.1) is 0 Å². The van der Waals surface area contributed by atoms with Crippen LogP contribution in [0.15, 0.2) is 60.7 Å². The molecule has 5 nitrogen and oxygen atoms in total. The molecule has 1 aliphatic heterocycles.